The minimum atomic E-state index is 0.784. The van der Waals surface area contributed by atoms with Crippen LogP contribution in [0.2, 0.25) is 0 Å². The van der Waals surface area contributed by atoms with Crippen LogP contribution >= 0.6 is 12.2 Å². The second-order valence-electron chi connectivity index (χ2n) is 4.13. The summed E-state index contributed by atoms with van der Waals surface area (Å²) in [5.41, 5.74) is 1.39. The highest BCUT2D eigenvalue weighted by Gasteiger charge is 1.95. The minimum Gasteiger partial charge on any atom is -0.363 e. The molecule has 0 saturated carbocycles. The Morgan fingerprint density at radius 1 is 1.06 bits per heavy atom. The first kappa shape index (κ1) is 14.0. The average Bonchev–Trinajstić information content (AvgIpc) is 2.36. The van der Waals surface area contributed by atoms with Crippen molar-refractivity contribution in [2.75, 3.05) is 13.1 Å². The van der Waals surface area contributed by atoms with Crippen LogP contribution in [0.5, 0.6) is 0 Å². The van der Waals surface area contributed by atoms with Crippen LogP contribution < -0.4 is 10.6 Å². The van der Waals surface area contributed by atoms with E-state index in [0.29, 0.717) is 0 Å². The largest absolute Gasteiger partial charge is 0.363 e. The van der Waals surface area contributed by atoms with Gasteiger partial charge in [0.15, 0.2) is 5.11 Å². The molecule has 1 aromatic rings. The standard InChI is InChI=1S/C14H22N2S/c1-2-3-11-15-14(17)16-12-7-10-13-8-5-4-6-9-13/h4-6,8-9H,2-3,7,10-12H2,1H3,(H2,15,16,17). The van der Waals surface area contributed by atoms with Gasteiger partial charge in [0.25, 0.3) is 0 Å². The van der Waals surface area contributed by atoms with Crippen molar-refractivity contribution in [2.45, 2.75) is 32.6 Å². The lowest BCUT2D eigenvalue weighted by Gasteiger charge is -2.09. The lowest BCUT2D eigenvalue weighted by Crippen LogP contribution is -2.36. The Kier molecular flexibility index (Phi) is 7.39. The maximum Gasteiger partial charge on any atom is 0.166 e. The van der Waals surface area contributed by atoms with Gasteiger partial charge in [-0.2, -0.15) is 0 Å². The zero-order valence-corrected chi connectivity index (χ0v) is 11.4. The summed E-state index contributed by atoms with van der Waals surface area (Å²) in [7, 11) is 0. The number of benzene rings is 1. The Bertz CT molecular complexity index is 311. The fourth-order valence-electron chi connectivity index (χ4n) is 1.58. The molecule has 94 valence electrons. The Labute approximate surface area is 110 Å². The van der Waals surface area contributed by atoms with Gasteiger partial charge in [0.2, 0.25) is 0 Å². The second kappa shape index (κ2) is 8.99. The summed E-state index contributed by atoms with van der Waals surface area (Å²) in [5, 5.41) is 7.22. The second-order valence-corrected chi connectivity index (χ2v) is 4.53. The van der Waals surface area contributed by atoms with Crippen LogP contribution in [-0.4, -0.2) is 18.2 Å². The molecule has 0 radical (unpaired) electrons. The number of hydrogen-bond acceptors (Lipinski definition) is 1. The molecule has 0 amide bonds. The summed E-state index contributed by atoms with van der Waals surface area (Å²) in [6.45, 7) is 4.09. The van der Waals surface area contributed by atoms with Crippen LogP contribution in [0.3, 0.4) is 0 Å². The maximum atomic E-state index is 5.18. The van der Waals surface area contributed by atoms with Gasteiger partial charge in [-0.1, -0.05) is 43.7 Å². The SMILES string of the molecule is CCCCNC(=S)NCCCc1ccccc1. The van der Waals surface area contributed by atoms with Gasteiger partial charge in [0, 0.05) is 13.1 Å². The molecule has 3 heteroatoms. The third-order valence-corrected chi connectivity index (χ3v) is 2.88. The van der Waals surface area contributed by atoms with E-state index >= 15 is 0 Å². The minimum absolute atomic E-state index is 0.784. The molecule has 0 fully saturated rings. The van der Waals surface area contributed by atoms with Crippen LogP contribution in [0.4, 0.5) is 0 Å². The van der Waals surface area contributed by atoms with Crippen LogP contribution in [0.25, 0.3) is 0 Å². The summed E-state index contributed by atoms with van der Waals surface area (Å²) < 4.78 is 0. The van der Waals surface area contributed by atoms with Gasteiger partial charge in [-0.15, -0.1) is 0 Å². The molecule has 17 heavy (non-hydrogen) atoms. The molecule has 0 unspecified atom stereocenters. The first-order chi connectivity index (χ1) is 8.33. The number of thiocarbonyl (C=S) groups is 1. The van der Waals surface area contributed by atoms with Crippen molar-refractivity contribution in [1.82, 2.24) is 10.6 Å². The van der Waals surface area contributed by atoms with Crippen LogP contribution in [0.15, 0.2) is 30.3 Å². The summed E-state index contributed by atoms with van der Waals surface area (Å²) in [6, 6.07) is 10.5. The first-order valence-electron chi connectivity index (χ1n) is 6.38. The molecule has 1 rings (SSSR count). The normalized spacial score (nSPS) is 9.94. The monoisotopic (exact) mass is 250 g/mol. The summed E-state index contributed by atoms with van der Waals surface area (Å²) in [6.07, 6.45) is 4.58. The Morgan fingerprint density at radius 2 is 1.71 bits per heavy atom. The van der Waals surface area contributed by atoms with E-state index in [1.807, 2.05) is 0 Å². The molecule has 0 aliphatic carbocycles. The maximum absolute atomic E-state index is 5.18. The van der Waals surface area contributed by atoms with Gasteiger partial charge in [0.05, 0.1) is 0 Å². The molecule has 0 aromatic heterocycles. The van der Waals surface area contributed by atoms with Gasteiger partial charge in [-0.3, -0.25) is 0 Å². The van der Waals surface area contributed by atoms with Crippen molar-refractivity contribution < 1.29 is 0 Å². The predicted octanol–water partition coefficient (Wildman–Crippen LogP) is 2.88. The van der Waals surface area contributed by atoms with Crippen molar-refractivity contribution in [3.05, 3.63) is 35.9 Å². The highest BCUT2D eigenvalue weighted by atomic mass is 32.1. The van der Waals surface area contributed by atoms with Crippen molar-refractivity contribution in [2.24, 2.45) is 0 Å². The highest BCUT2D eigenvalue weighted by molar-refractivity contribution is 7.80. The van der Waals surface area contributed by atoms with Crippen LogP contribution in [0, 0.1) is 0 Å². The van der Waals surface area contributed by atoms with Crippen LogP contribution in [-0.2, 0) is 6.42 Å². The topological polar surface area (TPSA) is 24.1 Å². The molecule has 0 atom stereocenters. The lowest BCUT2D eigenvalue weighted by atomic mass is 10.1. The fraction of sp³-hybridized carbons (Fsp3) is 0.500. The van der Waals surface area contributed by atoms with E-state index < -0.39 is 0 Å². The smallest absolute Gasteiger partial charge is 0.166 e. The van der Waals surface area contributed by atoms with Crippen molar-refractivity contribution >= 4 is 17.3 Å². The van der Waals surface area contributed by atoms with Gasteiger partial charge in [0.1, 0.15) is 0 Å². The summed E-state index contributed by atoms with van der Waals surface area (Å²) >= 11 is 5.18. The van der Waals surface area contributed by atoms with Gasteiger partial charge in [-0.25, -0.2) is 0 Å². The molecule has 2 nitrogen and oxygen atoms in total. The van der Waals surface area contributed by atoms with E-state index in [0.717, 1.165) is 31.0 Å². The van der Waals surface area contributed by atoms with Crippen molar-refractivity contribution in [3.8, 4) is 0 Å². The van der Waals surface area contributed by atoms with Crippen molar-refractivity contribution in [1.29, 1.82) is 0 Å². The molecule has 2 N–H and O–H groups in total. The zero-order chi connectivity index (χ0) is 12.3. The Balaban J connectivity index is 2.02. The third kappa shape index (κ3) is 6.95. The van der Waals surface area contributed by atoms with E-state index in [1.54, 1.807) is 0 Å². The molecular weight excluding hydrogens is 228 g/mol. The predicted molar refractivity (Wildman–Crippen MR) is 78.3 cm³/mol. The molecule has 0 saturated heterocycles. The molecule has 0 heterocycles. The number of rotatable bonds is 7. The Hall–Kier alpha value is -1.09. The number of unbranched alkanes of at least 4 members (excludes halogenated alkanes) is 1. The molecule has 0 aliphatic rings. The number of aryl methyl sites for hydroxylation is 1. The molecule has 1 aromatic carbocycles. The van der Waals surface area contributed by atoms with Crippen LogP contribution in [0.1, 0.15) is 31.7 Å². The quantitative estimate of drug-likeness (QED) is 0.575. The Morgan fingerprint density at radius 3 is 2.35 bits per heavy atom. The number of hydrogen-bond donors (Lipinski definition) is 2. The van der Waals surface area contributed by atoms with Gasteiger partial charge >= 0.3 is 0 Å². The van der Waals surface area contributed by atoms with E-state index in [2.05, 4.69) is 47.9 Å². The van der Waals surface area contributed by atoms with E-state index in [4.69, 9.17) is 12.2 Å². The first-order valence-corrected chi connectivity index (χ1v) is 6.79. The average molecular weight is 250 g/mol. The summed E-state index contributed by atoms with van der Waals surface area (Å²) in [5.74, 6) is 0. The highest BCUT2D eigenvalue weighted by Crippen LogP contribution is 2.01. The summed E-state index contributed by atoms with van der Waals surface area (Å²) in [4.78, 5) is 0. The van der Waals surface area contributed by atoms with E-state index in [9.17, 15) is 0 Å². The van der Waals surface area contributed by atoms with E-state index in [-0.39, 0.29) is 0 Å². The van der Waals surface area contributed by atoms with Crippen molar-refractivity contribution in [3.63, 3.8) is 0 Å². The van der Waals surface area contributed by atoms with Gasteiger partial charge < -0.3 is 10.6 Å². The molecular formula is C14H22N2S. The number of nitrogens with one attached hydrogen (secondary N) is 2. The van der Waals surface area contributed by atoms with Gasteiger partial charge in [-0.05, 0) is 37.0 Å². The van der Waals surface area contributed by atoms with E-state index in [1.165, 1.54) is 18.4 Å². The zero-order valence-electron chi connectivity index (χ0n) is 10.5. The lowest BCUT2D eigenvalue weighted by molar-refractivity contribution is 0.721. The molecule has 0 spiro atoms. The molecule has 0 bridgehead atoms. The molecule has 0 aliphatic heterocycles. The fourth-order valence-corrected chi connectivity index (χ4v) is 1.78. The third-order valence-electron chi connectivity index (χ3n) is 2.59.